The van der Waals surface area contributed by atoms with Gasteiger partial charge in [-0.1, -0.05) is 139 Å². The smallest absolute Gasteiger partial charge is 0.338 e. The van der Waals surface area contributed by atoms with Gasteiger partial charge >= 0.3 is 29.8 Å². The van der Waals surface area contributed by atoms with E-state index >= 15 is 0 Å². The van der Waals surface area contributed by atoms with E-state index in [0.29, 0.717) is 67.2 Å². The van der Waals surface area contributed by atoms with Gasteiger partial charge in [0.15, 0.2) is 0 Å². The number of aromatic amines is 2. The summed E-state index contributed by atoms with van der Waals surface area (Å²) in [6.07, 6.45) is 1.53. The molecular weight excluding hydrogens is 1390 g/mol. The molecule has 10 aromatic rings. The number of pyridine rings is 2. The van der Waals surface area contributed by atoms with E-state index in [4.69, 9.17) is 25.6 Å². The molecule has 2 aliphatic carbocycles. The average molecular weight is 1450 g/mol. The van der Waals surface area contributed by atoms with Crippen molar-refractivity contribution < 1.29 is 48.0 Å². The van der Waals surface area contributed by atoms with Crippen LogP contribution in [0, 0.1) is 61.7 Å². The number of nitrogens with zero attached hydrogens (tertiary/aromatic N) is 3. The lowest BCUT2D eigenvalue weighted by Gasteiger charge is -2.06. The SMILES string of the molecule is CC#N.COC(=O)c1cccc(Br)c1C.COC(=O)c1cccc(C#N)c1C.COC(=O)c1cccc(C#N)c1CBr.COC(=O)c1cccc2c1Cc1c-2[nH]c(=O)c2ccccc12.Cc1c(Br)cccc1C(=O)O.Cc1cccc2c1Cc1c-2[nH]c(=O)c2ccccc12. The molecule has 0 bridgehead atoms. The van der Waals surface area contributed by atoms with Crippen LogP contribution in [0.5, 0.6) is 0 Å². The number of aryl methyl sites for hydroxylation is 1. The molecule has 20 heteroatoms. The monoisotopic (exact) mass is 1450 g/mol. The first kappa shape index (κ1) is 72.5. The quantitative estimate of drug-likeness (QED) is 0.0793. The Labute approximate surface area is 567 Å². The molecule has 0 fully saturated rings. The largest absolute Gasteiger partial charge is 0.478 e. The number of nitriles is 3. The van der Waals surface area contributed by atoms with Gasteiger partial charge in [-0.05, 0) is 155 Å². The van der Waals surface area contributed by atoms with Gasteiger partial charge in [0, 0.05) is 55.9 Å². The summed E-state index contributed by atoms with van der Waals surface area (Å²) in [6, 6.07) is 53.5. The molecule has 3 N–H and O–H groups in total. The summed E-state index contributed by atoms with van der Waals surface area (Å²) in [5.74, 6) is -2.36. The highest BCUT2D eigenvalue weighted by atomic mass is 79.9. The Morgan fingerprint density at radius 2 is 0.819 bits per heavy atom. The molecule has 12 rings (SSSR count). The molecule has 0 aliphatic heterocycles. The molecule has 0 unspecified atom stereocenters. The van der Waals surface area contributed by atoms with Gasteiger partial charge in [0.05, 0.1) is 97.0 Å². The van der Waals surface area contributed by atoms with Crippen molar-refractivity contribution in [1.82, 2.24) is 9.97 Å². The molecule has 0 atom stereocenters. The number of rotatable bonds is 6. The summed E-state index contributed by atoms with van der Waals surface area (Å²) >= 11 is 9.83. The van der Waals surface area contributed by atoms with Crippen molar-refractivity contribution in [3.8, 4) is 40.7 Å². The molecule has 8 aromatic carbocycles. The van der Waals surface area contributed by atoms with Crippen LogP contribution < -0.4 is 11.1 Å². The van der Waals surface area contributed by atoms with Crippen molar-refractivity contribution in [2.45, 2.75) is 52.8 Å². The van der Waals surface area contributed by atoms with E-state index in [-0.39, 0.29) is 23.1 Å². The standard InChI is InChI=1S/C18H13NO3.C17H13NO.C10H8BrNO2.C10H9NO2.C9H9BrO2.C8H7BrO2.C2H3N/c1-22-18(21)13-8-4-7-11-14(13)9-15-10-5-2-3-6-12(10)17(20)19-16(11)15;1-10-5-4-8-12-14(10)9-15-11-6-2-3-7-13(11)17(19)18-16(12)15;1-14-10(13)8-4-2-3-7(6-12)9(8)5-11;1-7-8(6-11)4-3-5-9(7)10(12)13-2;1-6-7(9(11)12-2)4-3-5-8(6)10;1-5-6(8(10)11)3-2-4-7(5)9;1-2-3/h2-8H,9H2,1H3,(H,19,20);2-8H,9H2,1H3,(H,18,19);2-4H,5H2,1H3;3-5H,1-2H3;3-5H,1-2H3;2-4H,1H3,(H,10,11);1H3. The molecule has 0 amide bonds. The number of fused-ring (bicyclic) bond motifs is 10. The lowest BCUT2D eigenvalue weighted by atomic mass is 10.0. The van der Waals surface area contributed by atoms with Crippen molar-refractivity contribution in [3.05, 3.63) is 276 Å². The maximum absolute atomic E-state index is 12.3. The molecule has 0 spiro atoms. The Bertz CT molecular complexity index is 4810. The van der Waals surface area contributed by atoms with E-state index in [1.807, 2.05) is 97.9 Å². The van der Waals surface area contributed by atoms with E-state index in [9.17, 15) is 33.6 Å². The molecule has 0 saturated heterocycles. The molecule has 2 heterocycles. The zero-order chi connectivity index (χ0) is 68.9. The molecule has 94 heavy (non-hydrogen) atoms. The highest BCUT2D eigenvalue weighted by Crippen LogP contribution is 2.41. The Balaban J connectivity index is 0.000000181. The van der Waals surface area contributed by atoms with Crippen LogP contribution in [0.4, 0.5) is 0 Å². The lowest BCUT2D eigenvalue weighted by Crippen LogP contribution is -2.08. The minimum atomic E-state index is -0.885. The fourth-order valence-corrected chi connectivity index (χ4v) is 11.7. The second-order valence-corrected chi connectivity index (χ2v) is 22.7. The third kappa shape index (κ3) is 16.7. The van der Waals surface area contributed by atoms with Crippen LogP contribution in [-0.4, -0.2) is 73.4 Å². The van der Waals surface area contributed by atoms with Crippen LogP contribution in [0.25, 0.3) is 44.1 Å². The number of alkyl halides is 1. The second kappa shape index (κ2) is 34.2. The van der Waals surface area contributed by atoms with E-state index in [2.05, 4.69) is 97.1 Å². The number of aromatic nitrogens is 2. The van der Waals surface area contributed by atoms with E-state index in [1.165, 1.54) is 57.6 Å². The molecular formula is C74H62Br3N5O12. The number of benzene rings is 8. The predicted octanol–water partition coefficient (Wildman–Crippen LogP) is 15.7. The van der Waals surface area contributed by atoms with Crippen LogP contribution in [0.3, 0.4) is 0 Å². The molecule has 2 aromatic heterocycles. The van der Waals surface area contributed by atoms with Gasteiger partial charge in [-0.15, -0.1) is 0 Å². The highest BCUT2D eigenvalue weighted by Gasteiger charge is 2.28. The number of H-pyrrole nitrogens is 2. The van der Waals surface area contributed by atoms with Crippen LogP contribution in [0.2, 0.25) is 0 Å². The summed E-state index contributed by atoms with van der Waals surface area (Å²) in [4.78, 5) is 86.6. The second-order valence-electron chi connectivity index (χ2n) is 20.5. The number of aromatic carboxylic acids is 1. The number of ether oxygens (including phenoxy) is 4. The number of carboxylic acids is 1. The number of esters is 4. The number of carbonyl (C=O) groups is 5. The van der Waals surface area contributed by atoms with Crippen LogP contribution in [-0.2, 0) is 37.1 Å². The first-order valence-corrected chi connectivity index (χ1v) is 31.3. The number of nitrogens with one attached hydrogen (secondary N) is 2. The van der Waals surface area contributed by atoms with E-state index < -0.39 is 17.9 Å². The van der Waals surface area contributed by atoms with Gasteiger partial charge in [0.1, 0.15) is 0 Å². The Morgan fingerprint density at radius 3 is 1.28 bits per heavy atom. The number of carbonyl (C=O) groups excluding carboxylic acids is 4. The van der Waals surface area contributed by atoms with Crippen molar-refractivity contribution in [3.63, 3.8) is 0 Å². The summed E-state index contributed by atoms with van der Waals surface area (Å²) in [5.41, 5.74) is 16.0. The van der Waals surface area contributed by atoms with Crippen LogP contribution >= 0.6 is 47.8 Å². The molecule has 0 radical (unpaired) electrons. The summed E-state index contributed by atoms with van der Waals surface area (Å²) in [6.45, 7) is 8.93. The van der Waals surface area contributed by atoms with Gasteiger partial charge in [0.2, 0.25) is 0 Å². The summed E-state index contributed by atoms with van der Waals surface area (Å²) < 4.78 is 20.4. The lowest BCUT2D eigenvalue weighted by molar-refractivity contribution is 0.0591. The minimum Gasteiger partial charge on any atom is -0.478 e. The Kier molecular flexibility index (Phi) is 26.4. The maximum Gasteiger partial charge on any atom is 0.338 e. The molecule has 17 nitrogen and oxygen atoms in total. The number of methoxy groups -OCH3 is 4. The topological polar surface area (TPSA) is 280 Å². The fraction of sp³-hybridized carbons (Fsp3) is 0.162. The van der Waals surface area contributed by atoms with Crippen molar-refractivity contribution in [2.24, 2.45) is 0 Å². The van der Waals surface area contributed by atoms with Gasteiger partial charge in [-0.3, -0.25) is 9.59 Å². The number of carboxylic acid groups (broad SMARTS) is 1. The third-order valence-electron chi connectivity index (χ3n) is 15.2. The van der Waals surface area contributed by atoms with Gasteiger partial charge in [-0.25, -0.2) is 24.0 Å². The molecule has 0 saturated carbocycles. The predicted molar refractivity (Wildman–Crippen MR) is 371 cm³/mol. The van der Waals surface area contributed by atoms with Gasteiger partial charge in [-0.2, -0.15) is 15.8 Å². The zero-order valence-corrected chi connectivity index (χ0v) is 57.3. The zero-order valence-electron chi connectivity index (χ0n) is 52.5. The molecule has 476 valence electrons. The van der Waals surface area contributed by atoms with Gasteiger partial charge in [0.25, 0.3) is 11.1 Å². The first-order chi connectivity index (χ1) is 45.1. The Hall–Kier alpha value is -10.6. The van der Waals surface area contributed by atoms with Crippen LogP contribution in [0.15, 0.2) is 176 Å². The number of halogens is 3. The van der Waals surface area contributed by atoms with Crippen LogP contribution in [0.1, 0.15) is 120 Å². The first-order valence-electron chi connectivity index (χ1n) is 28.6. The number of hydrogen-bond acceptors (Lipinski definition) is 14. The van der Waals surface area contributed by atoms with E-state index in [0.717, 1.165) is 70.7 Å². The Morgan fingerprint density at radius 1 is 0.457 bits per heavy atom. The average Bonchev–Trinajstić information content (AvgIpc) is 1.60. The summed E-state index contributed by atoms with van der Waals surface area (Å²) in [5, 5.41) is 37.4. The van der Waals surface area contributed by atoms with Gasteiger partial charge < -0.3 is 34.0 Å². The maximum atomic E-state index is 12.3. The highest BCUT2D eigenvalue weighted by molar-refractivity contribution is 9.10. The van der Waals surface area contributed by atoms with Crippen molar-refractivity contribution in [2.75, 3.05) is 28.4 Å². The normalized spacial score (nSPS) is 10.4. The molecule has 2 aliphatic rings. The van der Waals surface area contributed by atoms with Crippen molar-refractivity contribution >= 4 is 99.2 Å². The fourth-order valence-electron chi connectivity index (χ4n) is 10.3. The third-order valence-corrected chi connectivity index (χ3v) is 17.5. The van der Waals surface area contributed by atoms with Crippen molar-refractivity contribution in [1.29, 1.82) is 15.8 Å². The van der Waals surface area contributed by atoms with E-state index in [1.54, 1.807) is 80.6 Å². The minimum absolute atomic E-state index is 0.00343. The number of hydrogen-bond donors (Lipinski definition) is 3. The summed E-state index contributed by atoms with van der Waals surface area (Å²) in [7, 11) is 5.39.